The summed E-state index contributed by atoms with van der Waals surface area (Å²) in [5.74, 6) is -0.653. The van der Waals surface area contributed by atoms with Crippen molar-refractivity contribution >= 4 is 34.2 Å². The van der Waals surface area contributed by atoms with Crippen LogP contribution in [0.25, 0.3) is 16.7 Å². The topological polar surface area (TPSA) is 94.7 Å². The third-order valence-electron chi connectivity index (χ3n) is 4.74. The first-order chi connectivity index (χ1) is 14.6. The Morgan fingerprint density at radius 1 is 1.07 bits per heavy atom. The molecule has 0 fully saturated rings. The van der Waals surface area contributed by atoms with Crippen LogP contribution in [0.4, 0.5) is 5.69 Å². The van der Waals surface area contributed by atoms with Gasteiger partial charge in [0.1, 0.15) is 5.52 Å². The molecular formula is C22H20N4O4. The van der Waals surface area contributed by atoms with E-state index in [4.69, 9.17) is 4.74 Å². The van der Waals surface area contributed by atoms with Crippen molar-refractivity contribution in [3.63, 3.8) is 0 Å². The quantitative estimate of drug-likeness (QED) is 0.499. The van der Waals surface area contributed by atoms with Gasteiger partial charge in [-0.25, -0.2) is 9.78 Å². The third-order valence-corrected chi connectivity index (χ3v) is 4.74. The van der Waals surface area contributed by atoms with E-state index >= 15 is 0 Å². The van der Waals surface area contributed by atoms with Crippen molar-refractivity contribution < 1.29 is 14.3 Å². The molecule has 0 bridgehead atoms. The minimum absolute atomic E-state index is 0.0993. The zero-order valence-electron chi connectivity index (χ0n) is 16.4. The number of carbonyl (C=O) groups is 2. The van der Waals surface area contributed by atoms with Crippen molar-refractivity contribution in [3.05, 3.63) is 76.8 Å². The molecule has 4 rings (SSSR count). The molecule has 0 saturated carbocycles. The van der Waals surface area contributed by atoms with E-state index in [-0.39, 0.29) is 24.4 Å². The number of benzene rings is 1. The predicted molar refractivity (Wildman–Crippen MR) is 113 cm³/mol. The van der Waals surface area contributed by atoms with E-state index in [9.17, 15) is 14.4 Å². The zero-order valence-corrected chi connectivity index (χ0v) is 16.4. The van der Waals surface area contributed by atoms with E-state index in [1.165, 1.54) is 4.57 Å². The number of nitrogens with zero attached hydrogens (tertiary/aromatic N) is 3. The average Bonchev–Trinajstić information content (AvgIpc) is 3.25. The van der Waals surface area contributed by atoms with Crippen LogP contribution in [0.1, 0.15) is 23.7 Å². The summed E-state index contributed by atoms with van der Waals surface area (Å²) in [6.07, 6.45) is 3.54. The number of aryl methyl sites for hydroxylation is 1. The SMILES string of the molecule is CCOC(=O)c1ccc(NC(=O)CCn2c(=O)c3cccn3c3cccnc32)cc1. The molecule has 0 aliphatic carbocycles. The summed E-state index contributed by atoms with van der Waals surface area (Å²) in [4.78, 5) is 41.3. The Hall–Kier alpha value is -3.94. The standard InChI is InChI=1S/C22H20N4O4/c1-2-30-22(29)15-7-9-16(10-8-15)24-19(27)11-14-26-20-17(5-3-12-23-20)25-13-4-6-18(25)21(26)28/h3-10,12-13H,2,11,14H2,1H3,(H,24,27). The molecule has 0 aliphatic heterocycles. The molecule has 3 aromatic heterocycles. The van der Waals surface area contributed by atoms with Crippen LogP contribution < -0.4 is 10.9 Å². The molecule has 8 nitrogen and oxygen atoms in total. The van der Waals surface area contributed by atoms with E-state index in [1.54, 1.807) is 53.9 Å². The molecule has 0 radical (unpaired) electrons. The number of amides is 1. The van der Waals surface area contributed by atoms with Gasteiger partial charge in [-0.2, -0.15) is 0 Å². The van der Waals surface area contributed by atoms with Crippen molar-refractivity contribution in [3.8, 4) is 0 Å². The Bertz CT molecular complexity index is 1290. The van der Waals surface area contributed by atoms with E-state index in [1.807, 2.05) is 18.3 Å². The van der Waals surface area contributed by atoms with Crippen molar-refractivity contribution in [2.24, 2.45) is 0 Å². The number of ether oxygens (including phenoxy) is 1. The molecule has 3 heterocycles. The molecule has 1 N–H and O–H groups in total. The minimum Gasteiger partial charge on any atom is -0.462 e. The van der Waals surface area contributed by atoms with Crippen molar-refractivity contribution in [1.82, 2.24) is 14.0 Å². The number of hydrogen-bond donors (Lipinski definition) is 1. The molecule has 1 aromatic carbocycles. The van der Waals surface area contributed by atoms with Crippen molar-refractivity contribution in [2.45, 2.75) is 19.9 Å². The van der Waals surface area contributed by atoms with Gasteiger partial charge < -0.3 is 14.5 Å². The number of aromatic nitrogens is 3. The van der Waals surface area contributed by atoms with E-state index in [2.05, 4.69) is 10.3 Å². The Morgan fingerprint density at radius 2 is 1.83 bits per heavy atom. The van der Waals surface area contributed by atoms with Gasteiger partial charge in [0, 0.05) is 31.0 Å². The number of hydrogen-bond acceptors (Lipinski definition) is 5. The molecule has 0 unspecified atom stereocenters. The maximum absolute atomic E-state index is 12.9. The van der Waals surface area contributed by atoms with Crippen LogP contribution in [0.3, 0.4) is 0 Å². The second-order valence-electron chi connectivity index (χ2n) is 6.66. The normalized spacial score (nSPS) is 11.0. The highest BCUT2D eigenvalue weighted by atomic mass is 16.5. The van der Waals surface area contributed by atoms with Gasteiger partial charge in [-0.05, 0) is 55.5 Å². The number of pyridine rings is 1. The molecule has 1 amide bonds. The maximum atomic E-state index is 12.9. The van der Waals surface area contributed by atoms with Gasteiger partial charge in [0.2, 0.25) is 5.91 Å². The third kappa shape index (κ3) is 3.67. The Labute approximate surface area is 171 Å². The second kappa shape index (κ2) is 8.20. The average molecular weight is 404 g/mol. The highest BCUT2D eigenvalue weighted by Crippen LogP contribution is 2.14. The Balaban J connectivity index is 1.50. The first kappa shape index (κ1) is 19.4. The number of rotatable bonds is 6. The molecule has 152 valence electrons. The summed E-state index contributed by atoms with van der Waals surface area (Å²) >= 11 is 0. The summed E-state index contributed by atoms with van der Waals surface area (Å²) < 4.78 is 8.26. The lowest BCUT2D eigenvalue weighted by atomic mass is 10.2. The summed E-state index contributed by atoms with van der Waals surface area (Å²) in [7, 11) is 0. The van der Waals surface area contributed by atoms with Gasteiger partial charge >= 0.3 is 5.97 Å². The first-order valence-corrected chi connectivity index (χ1v) is 9.60. The predicted octanol–water partition coefficient (Wildman–Crippen LogP) is 2.85. The van der Waals surface area contributed by atoms with Crippen LogP contribution in [0.5, 0.6) is 0 Å². The fraction of sp³-hybridized carbons (Fsp3) is 0.182. The summed E-state index contributed by atoms with van der Waals surface area (Å²) in [5.41, 5.74) is 2.64. The van der Waals surface area contributed by atoms with E-state index in [0.717, 1.165) is 5.52 Å². The second-order valence-corrected chi connectivity index (χ2v) is 6.66. The van der Waals surface area contributed by atoms with Gasteiger partial charge in [0.25, 0.3) is 5.56 Å². The van der Waals surface area contributed by atoms with Crippen LogP contribution in [-0.4, -0.2) is 32.4 Å². The molecule has 4 aromatic rings. The lowest BCUT2D eigenvalue weighted by Crippen LogP contribution is -2.25. The fourth-order valence-corrected chi connectivity index (χ4v) is 3.33. The lowest BCUT2D eigenvalue weighted by molar-refractivity contribution is -0.116. The first-order valence-electron chi connectivity index (χ1n) is 9.60. The van der Waals surface area contributed by atoms with Crippen LogP contribution in [-0.2, 0) is 16.1 Å². The smallest absolute Gasteiger partial charge is 0.338 e. The largest absolute Gasteiger partial charge is 0.462 e. The van der Waals surface area contributed by atoms with Gasteiger partial charge in [-0.15, -0.1) is 0 Å². The summed E-state index contributed by atoms with van der Waals surface area (Å²) in [5, 5.41) is 2.78. The molecule has 0 atom stereocenters. The van der Waals surface area contributed by atoms with Crippen LogP contribution in [0.15, 0.2) is 65.7 Å². The number of anilines is 1. The lowest BCUT2D eigenvalue weighted by Gasteiger charge is -2.12. The molecule has 8 heteroatoms. The van der Waals surface area contributed by atoms with Gasteiger partial charge in [-0.3, -0.25) is 14.2 Å². The van der Waals surface area contributed by atoms with Gasteiger partial charge in [0.05, 0.1) is 17.7 Å². The minimum atomic E-state index is -0.407. The van der Waals surface area contributed by atoms with Crippen LogP contribution in [0.2, 0.25) is 0 Å². The van der Waals surface area contributed by atoms with E-state index < -0.39 is 5.97 Å². The molecular weight excluding hydrogens is 384 g/mol. The summed E-state index contributed by atoms with van der Waals surface area (Å²) in [6, 6.07) is 13.7. The highest BCUT2D eigenvalue weighted by molar-refractivity contribution is 5.93. The zero-order chi connectivity index (χ0) is 21.1. The number of fused-ring (bicyclic) bond motifs is 3. The van der Waals surface area contributed by atoms with Gasteiger partial charge in [0.15, 0.2) is 5.65 Å². The number of carbonyl (C=O) groups excluding carboxylic acids is 2. The molecule has 30 heavy (non-hydrogen) atoms. The number of nitrogens with one attached hydrogen (secondary N) is 1. The molecule has 0 aliphatic rings. The van der Waals surface area contributed by atoms with Crippen molar-refractivity contribution in [2.75, 3.05) is 11.9 Å². The van der Waals surface area contributed by atoms with Crippen molar-refractivity contribution in [1.29, 1.82) is 0 Å². The van der Waals surface area contributed by atoms with Crippen LogP contribution in [0, 0.1) is 0 Å². The maximum Gasteiger partial charge on any atom is 0.338 e. The molecule has 0 saturated heterocycles. The highest BCUT2D eigenvalue weighted by Gasteiger charge is 2.13. The Kier molecular flexibility index (Phi) is 5.30. The van der Waals surface area contributed by atoms with Gasteiger partial charge in [-0.1, -0.05) is 0 Å². The van der Waals surface area contributed by atoms with E-state index in [0.29, 0.717) is 29.0 Å². The Morgan fingerprint density at radius 3 is 2.60 bits per heavy atom. The van der Waals surface area contributed by atoms with Crippen LogP contribution >= 0.6 is 0 Å². The summed E-state index contributed by atoms with van der Waals surface area (Å²) in [6.45, 7) is 2.24. The fourth-order valence-electron chi connectivity index (χ4n) is 3.33. The molecule has 0 spiro atoms. The monoisotopic (exact) mass is 404 g/mol. The number of esters is 1.